The molecule has 0 heterocycles. The van der Waals surface area contributed by atoms with Crippen molar-refractivity contribution >= 4 is 23.2 Å². The molecule has 0 aliphatic heterocycles. The molecule has 4 heteroatoms. The molecule has 3 nitrogen and oxygen atoms in total. The molecule has 1 aliphatic rings. The van der Waals surface area contributed by atoms with Crippen molar-refractivity contribution in [1.82, 2.24) is 5.43 Å². The number of halogens is 1. The number of hydrogen-bond donors (Lipinski definition) is 1. The minimum absolute atomic E-state index is 0.212. The summed E-state index contributed by atoms with van der Waals surface area (Å²) in [6.07, 6.45) is 5.99. The number of nitrogens with one attached hydrogen (secondary N) is 1. The SMILES string of the molecule is O=C(N/N=C(\c1ccccc1)C1CCCCC1)c1ccc(Cl)cc1. The van der Waals surface area contributed by atoms with Crippen LogP contribution >= 0.6 is 11.6 Å². The summed E-state index contributed by atoms with van der Waals surface area (Å²) < 4.78 is 0. The van der Waals surface area contributed by atoms with Gasteiger partial charge in [0.05, 0.1) is 5.71 Å². The van der Waals surface area contributed by atoms with E-state index >= 15 is 0 Å². The highest BCUT2D eigenvalue weighted by molar-refractivity contribution is 6.30. The minimum atomic E-state index is -0.212. The third-order valence-corrected chi connectivity index (χ3v) is 4.70. The van der Waals surface area contributed by atoms with Crippen molar-refractivity contribution < 1.29 is 4.79 Å². The van der Waals surface area contributed by atoms with Gasteiger partial charge in [0.25, 0.3) is 5.91 Å². The third kappa shape index (κ3) is 4.24. The zero-order chi connectivity index (χ0) is 16.8. The first-order valence-electron chi connectivity index (χ1n) is 8.43. The van der Waals surface area contributed by atoms with Crippen LogP contribution in [0.2, 0.25) is 5.02 Å². The van der Waals surface area contributed by atoms with E-state index in [9.17, 15) is 4.79 Å². The maximum Gasteiger partial charge on any atom is 0.271 e. The number of benzene rings is 2. The van der Waals surface area contributed by atoms with Gasteiger partial charge in [0.2, 0.25) is 0 Å². The van der Waals surface area contributed by atoms with Gasteiger partial charge in [0.1, 0.15) is 0 Å². The monoisotopic (exact) mass is 340 g/mol. The standard InChI is InChI=1S/C20H21ClN2O/c21-18-13-11-17(12-14-18)20(24)23-22-19(15-7-3-1-4-8-15)16-9-5-2-6-10-16/h1,3-4,7-8,11-14,16H,2,5-6,9-10H2,(H,23,24)/b22-19+. The van der Waals surface area contributed by atoms with Crippen LogP contribution in [-0.2, 0) is 0 Å². The van der Waals surface area contributed by atoms with Gasteiger partial charge in [0, 0.05) is 16.5 Å². The fourth-order valence-corrected chi connectivity index (χ4v) is 3.28. The summed E-state index contributed by atoms with van der Waals surface area (Å²) >= 11 is 5.87. The van der Waals surface area contributed by atoms with Gasteiger partial charge in [0.15, 0.2) is 0 Å². The highest BCUT2D eigenvalue weighted by Gasteiger charge is 2.21. The van der Waals surface area contributed by atoms with E-state index in [2.05, 4.69) is 22.7 Å². The summed E-state index contributed by atoms with van der Waals surface area (Å²) in [5, 5.41) is 5.11. The molecule has 0 bridgehead atoms. The maximum atomic E-state index is 12.3. The Morgan fingerprint density at radius 2 is 1.58 bits per heavy atom. The highest BCUT2D eigenvalue weighted by atomic mass is 35.5. The second-order valence-electron chi connectivity index (χ2n) is 6.15. The Labute approximate surface area is 147 Å². The van der Waals surface area contributed by atoms with Crippen LogP contribution in [0.4, 0.5) is 0 Å². The van der Waals surface area contributed by atoms with Gasteiger partial charge < -0.3 is 0 Å². The van der Waals surface area contributed by atoms with Gasteiger partial charge in [-0.2, -0.15) is 5.10 Å². The van der Waals surface area contributed by atoms with E-state index in [0.717, 1.165) is 24.1 Å². The average molecular weight is 341 g/mol. The average Bonchev–Trinajstić information content (AvgIpc) is 2.64. The van der Waals surface area contributed by atoms with Crippen molar-refractivity contribution in [2.24, 2.45) is 11.0 Å². The van der Waals surface area contributed by atoms with Crippen molar-refractivity contribution in [2.45, 2.75) is 32.1 Å². The number of hydrazone groups is 1. The molecule has 0 unspecified atom stereocenters. The molecule has 124 valence electrons. The first kappa shape index (κ1) is 16.7. The quantitative estimate of drug-likeness (QED) is 0.613. The summed E-state index contributed by atoms with van der Waals surface area (Å²) in [6.45, 7) is 0. The van der Waals surface area contributed by atoms with Gasteiger partial charge in [-0.1, -0.05) is 61.2 Å². The zero-order valence-corrected chi connectivity index (χ0v) is 14.3. The minimum Gasteiger partial charge on any atom is -0.267 e. The van der Waals surface area contributed by atoms with Crippen LogP contribution in [0.15, 0.2) is 59.7 Å². The molecule has 1 amide bonds. The number of nitrogens with zero attached hydrogens (tertiary/aromatic N) is 1. The highest BCUT2D eigenvalue weighted by Crippen LogP contribution is 2.27. The lowest BCUT2D eigenvalue weighted by molar-refractivity contribution is 0.0954. The second-order valence-corrected chi connectivity index (χ2v) is 6.58. The lowest BCUT2D eigenvalue weighted by atomic mass is 9.83. The molecular weight excluding hydrogens is 320 g/mol. The fraction of sp³-hybridized carbons (Fsp3) is 0.300. The smallest absolute Gasteiger partial charge is 0.267 e. The molecule has 1 fully saturated rings. The topological polar surface area (TPSA) is 41.5 Å². The zero-order valence-electron chi connectivity index (χ0n) is 13.5. The summed E-state index contributed by atoms with van der Waals surface area (Å²) in [5.74, 6) is 0.197. The fourth-order valence-electron chi connectivity index (χ4n) is 3.15. The molecule has 1 aliphatic carbocycles. The van der Waals surface area contributed by atoms with E-state index in [1.807, 2.05) is 18.2 Å². The number of carbonyl (C=O) groups is 1. The maximum absolute atomic E-state index is 12.3. The Balaban J connectivity index is 1.80. The first-order valence-corrected chi connectivity index (χ1v) is 8.81. The second kappa shape index (κ2) is 8.11. The van der Waals surface area contributed by atoms with Gasteiger partial charge >= 0.3 is 0 Å². The van der Waals surface area contributed by atoms with Crippen molar-refractivity contribution in [3.05, 3.63) is 70.7 Å². The molecule has 0 radical (unpaired) electrons. The Morgan fingerprint density at radius 1 is 0.917 bits per heavy atom. The number of rotatable bonds is 4. The molecule has 0 aromatic heterocycles. The van der Waals surface area contributed by atoms with Crippen molar-refractivity contribution in [1.29, 1.82) is 0 Å². The molecule has 1 N–H and O–H groups in total. The number of amides is 1. The molecule has 2 aromatic rings. The molecule has 3 rings (SSSR count). The van der Waals surface area contributed by atoms with E-state index in [1.54, 1.807) is 24.3 Å². The molecule has 1 saturated carbocycles. The van der Waals surface area contributed by atoms with Gasteiger partial charge in [-0.25, -0.2) is 5.43 Å². The lowest BCUT2D eigenvalue weighted by Crippen LogP contribution is -2.25. The van der Waals surface area contributed by atoms with E-state index in [1.165, 1.54) is 19.3 Å². The van der Waals surface area contributed by atoms with Crippen LogP contribution in [0.1, 0.15) is 48.0 Å². The van der Waals surface area contributed by atoms with Gasteiger partial charge in [-0.05, 0) is 42.7 Å². The summed E-state index contributed by atoms with van der Waals surface area (Å²) in [4.78, 5) is 12.3. The molecule has 24 heavy (non-hydrogen) atoms. The Bertz CT molecular complexity index is 704. The lowest BCUT2D eigenvalue weighted by Gasteiger charge is -2.23. The predicted molar refractivity (Wildman–Crippen MR) is 98.5 cm³/mol. The number of hydrogen-bond acceptors (Lipinski definition) is 2. The van der Waals surface area contributed by atoms with Crippen LogP contribution in [0.3, 0.4) is 0 Å². The van der Waals surface area contributed by atoms with Gasteiger partial charge in [-0.15, -0.1) is 0 Å². The first-order chi connectivity index (χ1) is 11.7. The largest absolute Gasteiger partial charge is 0.271 e. The summed E-state index contributed by atoms with van der Waals surface area (Å²) in [5.41, 5.74) is 5.34. The molecule has 2 aromatic carbocycles. The predicted octanol–water partition coefficient (Wildman–Crippen LogP) is 5.05. The van der Waals surface area contributed by atoms with E-state index < -0.39 is 0 Å². The normalized spacial score (nSPS) is 16.0. The molecule has 0 spiro atoms. The Hall–Kier alpha value is -2.13. The third-order valence-electron chi connectivity index (χ3n) is 4.45. The van der Waals surface area contributed by atoms with Crippen molar-refractivity contribution in [3.8, 4) is 0 Å². The molecular formula is C20H21ClN2O. The van der Waals surface area contributed by atoms with Crippen LogP contribution in [0.25, 0.3) is 0 Å². The molecule has 0 atom stereocenters. The van der Waals surface area contributed by atoms with Crippen LogP contribution < -0.4 is 5.43 Å². The summed E-state index contributed by atoms with van der Waals surface area (Å²) in [7, 11) is 0. The van der Waals surface area contributed by atoms with Crippen LogP contribution in [0, 0.1) is 5.92 Å². The summed E-state index contributed by atoms with van der Waals surface area (Å²) in [6, 6.07) is 17.0. The van der Waals surface area contributed by atoms with Crippen molar-refractivity contribution in [3.63, 3.8) is 0 Å². The van der Waals surface area contributed by atoms with E-state index in [0.29, 0.717) is 16.5 Å². The van der Waals surface area contributed by atoms with Crippen molar-refractivity contribution in [2.75, 3.05) is 0 Å². The Morgan fingerprint density at radius 3 is 2.25 bits per heavy atom. The molecule has 0 saturated heterocycles. The number of carbonyl (C=O) groups excluding carboxylic acids is 1. The van der Waals surface area contributed by atoms with E-state index in [-0.39, 0.29) is 5.91 Å². The van der Waals surface area contributed by atoms with Gasteiger partial charge in [-0.3, -0.25) is 4.79 Å². The Kier molecular flexibility index (Phi) is 5.65. The van der Waals surface area contributed by atoms with Crippen LogP contribution in [0.5, 0.6) is 0 Å². The van der Waals surface area contributed by atoms with E-state index in [4.69, 9.17) is 11.6 Å². The van der Waals surface area contributed by atoms with Crippen LogP contribution in [-0.4, -0.2) is 11.6 Å².